The number of phenols is 1. The number of amides is 3. The molecule has 3 N–H and O–H groups in total. The van der Waals surface area contributed by atoms with Crippen LogP contribution in [0.3, 0.4) is 0 Å². The van der Waals surface area contributed by atoms with Gasteiger partial charge in [0.25, 0.3) is 0 Å². The van der Waals surface area contributed by atoms with Crippen molar-refractivity contribution in [2.75, 3.05) is 25.1 Å². The van der Waals surface area contributed by atoms with Crippen LogP contribution in [0.4, 0.5) is 4.79 Å². The number of alkyl carbamates (subject to hydrolysis) is 1. The second-order valence-corrected chi connectivity index (χ2v) is 11.7. The number of phenolic OH excluding ortho intramolecular Hbond substituents is 1. The van der Waals surface area contributed by atoms with E-state index in [1.165, 1.54) is 0 Å². The van der Waals surface area contributed by atoms with E-state index in [4.69, 9.17) is 4.74 Å². The lowest BCUT2D eigenvalue weighted by Gasteiger charge is -2.35. The number of ether oxygens (including phenoxy) is 1. The molecule has 3 amide bonds. The summed E-state index contributed by atoms with van der Waals surface area (Å²) in [6.07, 6.45) is 7.18. The van der Waals surface area contributed by atoms with Gasteiger partial charge in [0, 0.05) is 13.1 Å². The van der Waals surface area contributed by atoms with Crippen molar-refractivity contribution in [2.45, 2.75) is 104 Å². The number of hydrogen-bond donors (Lipinski definition) is 3. The van der Waals surface area contributed by atoms with Gasteiger partial charge in [0.1, 0.15) is 23.4 Å². The van der Waals surface area contributed by atoms with Crippen molar-refractivity contribution >= 4 is 29.7 Å². The van der Waals surface area contributed by atoms with Crippen molar-refractivity contribution in [2.24, 2.45) is 0 Å². The van der Waals surface area contributed by atoms with Crippen LogP contribution in [-0.2, 0) is 14.3 Å². The number of nitrogens with one attached hydrogen (secondary N) is 2. The molecule has 2 unspecified atom stereocenters. The van der Waals surface area contributed by atoms with E-state index in [-0.39, 0.29) is 17.6 Å². The van der Waals surface area contributed by atoms with Crippen LogP contribution >= 0.6 is 11.8 Å². The van der Waals surface area contributed by atoms with E-state index < -0.39 is 23.8 Å². The molecule has 0 aliphatic carbocycles. The lowest BCUT2D eigenvalue weighted by molar-refractivity contribution is -0.142. The fourth-order valence-corrected chi connectivity index (χ4v) is 4.50. The zero-order chi connectivity index (χ0) is 28.7. The molecule has 1 aromatic rings. The Morgan fingerprint density at radius 2 is 1.76 bits per heavy atom. The molecule has 0 aliphatic heterocycles. The maximum absolute atomic E-state index is 14.1. The summed E-state index contributed by atoms with van der Waals surface area (Å²) < 4.78 is 5.44. The van der Waals surface area contributed by atoms with Gasteiger partial charge >= 0.3 is 6.09 Å². The van der Waals surface area contributed by atoms with Crippen LogP contribution < -0.4 is 10.6 Å². The van der Waals surface area contributed by atoms with Crippen molar-refractivity contribution in [1.82, 2.24) is 15.5 Å². The summed E-state index contributed by atoms with van der Waals surface area (Å²) >= 11 is 1.58. The molecular weight excluding hydrogens is 502 g/mol. The molecule has 0 aromatic heterocycles. The third-order valence-electron chi connectivity index (χ3n) is 6.06. The Morgan fingerprint density at radius 3 is 2.34 bits per heavy atom. The van der Waals surface area contributed by atoms with Crippen molar-refractivity contribution in [1.29, 1.82) is 0 Å². The number of benzene rings is 1. The second kappa shape index (κ2) is 17.2. The van der Waals surface area contributed by atoms with Crippen molar-refractivity contribution < 1.29 is 24.2 Å². The minimum atomic E-state index is -0.891. The molecule has 0 aliphatic rings. The van der Waals surface area contributed by atoms with Gasteiger partial charge in [-0.1, -0.05) is 45.6 Å². The van der Waals surface area contributed by atoms with Crippen molar-refractivity contribution in [3.05, 3.63) is 29.3 Å². The molecule has 0 spiro atoms. The molecule has 0 heterocycles. The van der Waals surface area contributed by atoms with Crippen LogP contribution in [0.25, 0.3) is 0 Å². The van der Waals surface area contributed by atoms with Gasteiger partial charge in [0.05, 0.1) is 0 Å². The predicted molar refractivity (Wildman–Crippen MR) is 156 cm³/mol. The maximum atomic E-state index is 14.1. The highest BCUT2D eigenvalue weighted by Crippen LogP contribution is 2.28. The molecule has 0 radical (unpaired) electrons. The van der Waals surface area contributed by atoms with Gasteiger partial charge in [-0.05, 0) is 82.2 Å². The van der Waals surface area contributed by atoms with E-state index in [9.17, 15) is 19.5 Å². The van der Waals surface area contributed by atoms with E-state index in [0.717, 1.165) is 38.5 Å². The van der Waals surface area contributed by atoms with Gasteiger partial charge in [-0.25, -0.2) is 4.79 Å². The summed E-state index contributed by atoms with van der Waals surface area (Å²) in [5.74, 6) is 0.196. The van der Waals surface area contributed by atoms with Crippen LogP contribution in [0.15, 0.2) is 18.2 Å². The SMILES string of the molecule is CCCCCCN(C(=O)C(CCSC)NC(=O)OC(C)(C)C)C(C(=O)NCCCC)c1ccc(O)c(C)c1. The summed E-state index contributed by atoms with van der Waals surface area (Å²) in [5.41, 5.74) is 0.541. The van der Waals surface area contributed by atoms with E-state index >= 15 is 0 Å². The van der Waals surface area contributed by atoms with Crippen LogP contribution in [0.2, 0.25) is 0 Å². The zero-order valence-electron chi connectivity index (χ0n) is 24.4. The topological polar surface area (TPSA) is 108 Å². The summed E-state index contributed by atoms with van der Waals surface area (Å²) in [6.45, 7) is 12.1. The average Bonchev–Trinajstić information content (AvgIpc) is 2.84. The number of hydrogen-bond acceptors (Lipinski definition) is 6. The molecule has 9 heteroatoms. The highest BCUT2D eigenvalue weighted by atomic mass is 32.2. The van der Waals surface area contributed by atoms with E-state index in [1.807, 2.05) is 6.26 Å². The number of unbranched alkanes of at least 4 members (excludes halogenated alkanes) is 4. The Balaban J connectivity index is 3.47. The summed E-state index contributed by atoms with van der Waals surface area (Å²) in [6, 6.07) is 3.27. The standard InChI is InChI=1S/C29H49N3O5S/c1-8-10-12-13-18-32(27(35)23(16-19-38-7)31-28(36)37-29(4,5)6)25(26(34)30-17-11-9-2)22-14-15-24(33)21(3)20-22/h14-15,20,23,25,33H,8-13,16-19H2,1-7H3,(H,30,34)(H,31,36). The summed E-state index contributed by atoms with van der Waals surface area (Å²) in [7, 11) is 0. The maximum Gasteiger partial charge on any atom is 0.408 e. The minimum absolute atomic E-state index is 0.129. The molecule has 38 heavy (non-hydrogen) atoms. The number of aryl methyl sites for hydroxylation is 1. The second-order valence-electron chi connectivity index (χ2n) is 10.7. The number of rotatable bonds is 16. The highest BCUT2D eigenvalue weighted by Gasteiger charge is 2.36. The smallest absolute Gasteiger partial charge is 0.408 e. The number of carbonyl (C=O) groups excluding carboxylic acids is 3. The van der Waals surface area contributed by atoms with E-state index in [0.29, 0.717) is 36.4 Å². The number of nitrogens with zero attached hydrogens (tertiary/aromatic N) is 1. The van der Waals surface area contributed by atoms with Crippen molar-refractivity contribution in [3.8, 4) is 5.75 Å². The van der Waals surface area contributed by atoms with Gasteiger partial charge in [0.2, 0.25) is 11.8 Å². The van der Waals surface area contributed by atoms with Gasteiger partial charge in [0.15, 0.2) is 0 Å². The monoisotopic (exact) mass is 551 g/mol. The zero-order valence-corrected chi connectivity index (χ0v) is 25.2. The Labute approximate surface area is 233 Å². The summed E-state index contributed by atoms with van der Waals surface area (Å²) in [4.78, 5) is 42.0. The fraction of sp³-hybridized carbons (Fsp3) is 0.690. The Kier molecular flexibility index (Phi) is 15.2. The first-order chi connectivity index (χ1) is 17.9. The third-order valence-corrected chi connectivity index (χ3v) is 6.71. The molecule has 0 saturated heterocycles. The number of thioether (sulfide) groups is 1. The van der Waals surface area contributed by atoms with Gasteiger partial charge in [-0.3, -0.25) is 9.59 Å². The molecule has 1 rings (SSSR count). The lowest BCUT2D eigenvalue weighted by Crippen LogP contribution is -2.53. The largest absolute Gasteiger partial charge is 0.508 e. The minimum Gasteiger partial charge on any atom is -0.508 e. The van der Waals surface area contributed by atoms with Crippen LogP contribution in [0, 0.1) is 6.92 Å². The highest BCUT2D eigenvalue weighted by molar-refractivity contribution is 7.98. The first-order valence-corrected chi connectivity index (χ1v) is 15.2. The Bertz CT molecular complexity index is 887. The van der Waals surface area contributed by atoms with Gasteiger partial charge in [-0.2, -0.15) is 11.8 Å². The molecule has 1 aromatic carbocycles. The molecular formula is C29H49N3O5S. The molecule has 0 saturated carbocycles. The van der Waals surface area contributed by atoms with Gasteiger partial charge < -0.3 is 25.4 Å². The van der Waals surface area contributed by atoms with Gasteiger partial charge in [-0.15, -0.1) is 0 Å². The molecule has 8 nitrogen and oxygen atoms in total. The first-order valence-electron chi connectivity index (χ1n) is 13.8. The molecule has 0 fully saturated rings. The fourth-order valence-electron chi connectivity index (χ4n) is 4.03. The lowest BCUT2D eigenvalue weighted by atomic mass is 9.99. The van der Waals surface area contributed by atoms with Crippen LogP contribution in [0.1, 0.15) is 96.7 Å². The quantitative estimate of drug-likeness (QED) is 0.227. The van der Waals surface area contributed by atoms with Crippen LogP contribution in [0.5, 0.6) is 5.75 Å². The van der Waals surface area contributed by atoms with Crippen LogP contribution in [-0.4, -0.2) is 64.7 Å². The third kappa shape index (κ3) is 12.0. The normalized spacial score (nSPS) is 12.9. The molecule has 2 atom stereocenters. The number of aromatic hydroxyl groups is 1. The Hall–Kier alpha value is -2.42. The average molecular weight is 552 g/mol. The predicted octanol–water partition coefficient (Wildman–Crippen LogP) is 5.71. The molecule has 216 valence electrons. The first kappa shape index (κ1) is 33.6. The van der Waals surface area contributed by atoms with E-state index in [1.54, 1.807) is 62.6 Å². The Morgan fingerprint density at radius 1 is 1.08 bits per heavy atom. The summed E-state index contributed by atoms with van der Waals surface area (Å²) in [5, 5.41) is 15.9. The number of carbonyl (C=O) groups is 3. The molecule has 0 bridgehead atoms. The van der Waals surface area contributed by atoms with Crippen molar-refractivity contribution in [3.63, 3.8) is 0 Å². The van der Waals surface area contributed by atoms with E-state index in [2.05, 4.69) is 24.5 Å².